The van der Waals surface area contributed by atoms with E-state index in [0.717, 1.165) is 0 Å². The number of hydrogen-bond acceptors (Lipinski definition) is 5. The molecule has 128 valence electrons. The highest BCUT2D eigenvalue weighted by Crippen LogP contribution is 2.44. The van der Waals surface area contributed by atoms with Gasteiger partial charge in [0.15, 0.2) is 0 Å². The lowest BCUT2D eigenvalue weighted by Gasteiger charge is -2.30. The Morgan fingerprint density at radius 2 is 1.39 bits per heavy atom. The largest absolute Gasteiger partial charge is 0.514 e. The van der Waals surface area contributed by atoms with E-state index in [2.05, 4.69) is 14.2 Å². The molecule has 0 bridgehead atoms. The van der Waals surface area contributed by atoms with Gasteiger partial charge in [0.05, 0.1) is 0 Å². The third-order valence-electron chi connectivity index (χ3n) is 2.59. The zero-order chi connectivity index (χ0) is 17.7. The fraction of sp³-hybridized carbons (Fsp3) is 0.300. The Hall–Kier alpha value is -2.31. The summed E-state index contributed by atoms with van der Waals surface area (Å²) in [5.41, 5.74) is 0. The minimum Gasteiger partial charge on any atom is -0.433 e. The van der Waals surface area contributed by atoms with Gasteiger partial charge in [-0.05, 0) is 0 Å². The van der Waals surface area contributed by atoms with E-state index in [9.17, 15) is 39.9 Å². The molecule has 1 fully saturated rings. The zero-order valence-corrected chi connectivity index (χ0v) is 10.2. The Bertz CT molecular complexity index is 645. The molecule has 2 unspecified atom stereocenters. The molecule has 0 aliphatic carbocycles. The highest BCUT2D eigenvalue weighted by Gasteiger charge is 2.72. The number of carbonyl (C=O) groups excluding carboxylic acids is 1. The summed E-state index contributed by atoms with van der Waals surface area (Å²) in [5, 5.41) is 9.06. The first kappa shape index (κ1) is 17.1. The summed E-state index contributed by atoms with van der Waals surface area (Å²) in [4.78, 5) is 10.7. The second kappa shape index (κ2) is 5.11. The van der Waals surface area contributed by atoms with Crippen molar-refractivity contribution in [2.24, 2.45) is 0 Å². The summed E-state index contributed by atoms with van der Waals surface area (Å²) in [6.07, 6.45) is -11.3. The van der Waals surface area contributed by atoms with Crippen molar-refractivity contribution in [3.8, 4) is 5.75 Å². The van der Waals surface area contributed by atoms with Crippen LogP contribution >= 0.6 is 0 Å². The summed E-state index contributed by atoms with van der Waals surface area (Å²) in [6, 6.07) is 0. The molecule has 0 amide bonds. The summed E-state index contributed by atoms with van der Waals surface area (Å²) >= 11 is 0. The Labute approximate surface area is 120 Å². The highest BCUT2D eigenvalue weighted by molar-refractivity contribution is 5.63. The van der Waals surface area contributed by atoms with Crippen LogP contribution in [0.4, 0.5) is 39.9 Å². The van der Waals surface area contributed by atoms with Gasteiger partial charge in [-0.1, -0.05) is 0 Å². The van der Waals surface area contributed by atoms with E-state index in [4.69, 9.17) is 5.11 Å². The van der Waals surface area contributed by atoms with E-state index < -0.39 is 59.2 Å². The normalized spacial score (nSPS) is 24.4. The maximum atomic E-state index is 13.4. The highest BCUT2D eigenvalue weighted by atomic mass is 19.4. The van der Waals surface area contributed by atoms with Crippen molar-refractivity contribution in [2.45, 2.75) is 18.3 Å². The molecule has 0 saturated carbocycles. The van der Waals surface area contributed by atoms with Crippen molar-refractivity contribution < 1.29 is 59.2 Å². The molecule has 0 radical (unpaired) electrons. The Morgan fingerprint density at radius 3 is 1.74 bits per heavy atom. The van der Waals surface area contributed by atoms with Crippen LogP contribution in [-0.4, -0.2) is 29.5 Å². The summed E-state index contributed by atoms with van der Waals surface area (Å²) < 4.78 is 115. The zero-order valence-electron chi connectivity index (χ0n) is 10.2. The van der Waals surface area contributed by atoms with Gasteiger partial charge in [-0.25, -0.2) is 18.0 Å². The lowest BCUT2D eigenvalue weighted by molar-refractivity contribution is -0.360. The first-order valence-corrected chi connectivity index (χ1v) is 5.27. The number of carbonyl (C=O) groups is 1. The molecule has 2 atom stereocenters. The lowest BCUT2D eigenvalue weighted by atomic mass is 10.2. The lowest BCUT2D eigenvalue weighted by Crippen LogP contribution is -2.57. The van der Waals surface area contributed by atoms with Gasteiger partial charge in [0, 0.05) is 0 Å². The van der Waals surface area contributed by atoms with Crippen molar-refractivity contribution in [1.29, 1.82) is 0 Å². The number of halogens is 8. The standard InChI is InChI=1S/C10H2F8O5/c11-1-2(12)4(14)6(5(15)3(1)13)22-9(10(16,17)18)7(19)21-8(20)23-9/h7,19H. The van der Waals surface area contributed by atoms with Crippen molar-refractivity contribution >= 4 is 6.16 Å². The summed E-state index contributed by atoms with van der Waals surface area (Å²) in [5.74, 6) is -20.4. The molecule has 2 rings (SSSR count). The van der Waals surface area contributed by atoms with Gasteiger partial charge in [-0.3, -0.25) is 0 Å². The predicted molar refractivity (Wildman–Crippen MR) is 49.2 cm³/mol. The van der Waals surface area contributed by atoms with Crippen LogP contribution in [0.5, 0.6) is 5.75 Å². The van der Waals surface area contributed by atoms with Gasteiger partial charge in [-0.15, -0.1) is 0 Å². The first-order chi connectivity index (χ1) is 10.4. The van der Waals surface area contributed by atoms with Crippen LogP contribution in [0.2, 0.25) is 0 Å². The van der Waals surface area contributed by atoms with E-state index in [0.29, 0.717) is 0 Å². The quantitative estimate of drug-likeness (QED) is 0.383. The molecule has 1 saturated heterocycles. The maximum absolute atomic E-state index is 13.4. The van der Waals surface area contributed by atoms with Gasteiger partial charge < -0.3 is 19.3 Å². The van der Waals surface area contributed by atoms with Crippen LogP contribution < -0.4 is 4.74 Å². The SMILES string of the molecule is O=C1OC(O)C(Oc2c(F)c(F)c(F)c(F)c2F)(C(F)(F)F)O1. The van der Waals surface area contributed by atoms with E-state index in [1.54, 1.807) is 0 Å². The molecule has 23 heavy (non-hydrogen) atoms. The van der Waals surface area contributed by atoms with Gasteiger partial charge in [0.25, 0.3) is 6.29 Å². The van der Waals surface area contributed by atoms with E-state index >= 15 is 0 Å². The molecular weight excluding hydrogens is 352 g/mol. The van der Waals surface area contributed by atoms with Gasteiger partial charge in [0.1, 0.15) is 0 Å². The minimum absolute atomic E-state index is 2.15. The smallest absolute Gasteiger partial charge is 0.433 e. The second-order valence-electron chi connectivity index (χ2n) is 3.99. The average molecular weight is 354 g/mol. The number of benzene rings is 1. The molecule has 1 aromatic carbocycles. The van der Waals surface area contributed by atoms with Gasteiger partial charge >= 0.3 is 18.1 Å². The van der Waals surface area contributed by atoms with Crippen LogP contribution in [0.15, 0.2) is 0 Å². The van der Waals surface area contributed by atoms with Gasteiger partial charge in [0.2, 0.25) is 34.8 Å². The summed E-state index contributed by atoms with van der Waals surface area (Å²) in [6.45, 7) is 0. The van der Waals surface area contributed by atoms with E-state index in [-0.39, 0.29) is 0 Å². The van der Waals surface area contributed by atoms with Crippen LogP contribution in [-0.2, 0) is 9.47 Å². The minimum atomic E-state index is -5.86. The van der Waals surface area contributed by atoms with Crippen molar-refractivity contribution in [3.63, 3.8) is 0 Å². The average Bonchev–Trinajstić information content (AvgIpc) is 2.74. The molecule has 1 aliphatic rings. The Kier molecular flexibility index (Phi) is 3.79. The monoisotopic (exact) mass is 354 g/mol. The number of cyclic esters (lactones) is 2. The maximum Gasteiger partial charge on any atom is 0.514 e. The number of hydrogen-bond donors (Lipinski definition) is 1. The third kappa shape index (κ3) is 2.40. The van der Waals surface area contributed by atoms with Crippen molar-refractivity contribution in [3.05, 3.63) is 29.1 Å². The molecular formula is C10H2F8O5. The number of aliphatic hydroxyl groups is 1. The van der Waals surface area contributed by atoms with Gasteiger partial charge in [-0.2, -0.15) is 22.0 Å². The number of rotatable bonds is 2. The number of ether oxygens (including phenoxy) is 3. The first-order valence-electron chi connectivity index (χ1n) is 5.27. The van der Waals surface area contributed by atoms with Crippen LogP contribution in [0.3, 0.4) is 0 Å². The van der Waals surface area contributed by atoms with Crippen LogP contribution in [0.1, 0.15) is 0 Å². The molecule has 1 heterocycles. The molecule has 1 aromatic rings. The molecule has 13 heteroatoms. The third-order valence-corrected chi connectivity index (χ3v) is 2.59. The van der Waals surface area contributed by atoms with E-state index in [1.807, 2.05) is 0 Å². The predicted octanol–water partition coefficient (Wildman–Crippen LogP) is 2.50. The molecule has 0 spiro atoms. The fourth-order valence-corrected chi connectivity index (χ4v) is 1.52. The Morgan fingerprint density at radius 1 is 0.957 bits per heavy atom. The number of alkyl halides is 3. The van der Waals surface area contributed by atoms with Crippen LogP contribution in [0.25, 0.3) is 0 Å². The summed E-state index contributed by atoms with van der Waals surface area (Å²) in [7, 11) is 0. The van der Waals surface area contributed by atoms with Crippen molar-refractivity contribution in [2.75, 3.05) is 0 Å². The van der Waals surface area contributed by atoms with Crippen molar-refractivity contribution in [1.82, 2.24) is 0 Å². The number of aliphatic hydroxyl groups excluding tert-OH is 1. The van der Waals surface area contributed by atoms with E-state index in [1.165, 1.54) is 0 Å². The molecule has 0 aromatic heterocycles. The Balaban J connectivity index is 2.62. The second-order valence-corrected chi connectivity index (χ2v) is 3.99. The molecule has 1 N–H and O–H groups in total. The van der Waals surface area contributed by atoms with Crippen LogP contribution in [0, 0.1) is 29.1 Å². The molecule has 1 aliphatic heterocycles. The topological polar surface area (TPSA) is 65.0 Å². The fourth-order valence-electron chi connectivity index (χ4n) is 1.52. The molecule has 5 nitrogen and oxygen atoms in total.